The first-order chi connectivity index (χ1) is 5.05. The van der Waals surface area contributed by atoms with E-state index in [4.69, 9.17) is 10.2 Å². The highest BCUT2D eigenvalue weighted by atomic mass is 16.3. The van der Waals surface area contributed by atoms with Gasteiger partial charge in [-0.1, -0.05) is 13.8 Å². The maximum atomic E-state index is 9.27. The summed E-state index contributed by atoms with van der Waals surface area (Å²) in [6.07, 6.45) is -0.665. The van der Waals surface area contributed by atoms with Gasteiger partial charge in [-0.05, 0) is 17.3 Å². The van der Waals surface area contributed by atoms with Gasteiger partial charge in [0.2, 0.25) is 0 Å². The molecule has 1 fully saturated rings. The summed E-state index contributed by atoms with van der Waals surface area (Å²) >= 11 is 0. The standard InChI is InChI=1S/C8H16O3/c1-8(2)5(3-9)7(8)6(11)4-10/h5-7,9-11H,3-4H2,1-2H3/t5-,6+,7-/m0/s1. The molecule has 0 aromatic carbocycles. The second kappa shape index (κ2) is 2.73. The summed E-state index contributed by atoms with van der Waals surface area (Å²) in [6.45, 7) is 3.90. The number of rotatable bonds is 3. The molecule has 0 radical (unpaired) electrons. The topological polar surface area (TPSA) is 60.7 Å². The Morgan fingerprint density at radius 3 is 2.18 bits per heavy atom. The molecule has 66 valence electrons. The lowest BCUT2D eigenvalue weighted by molar-refractivity contribution is 0.0638. The molecule has 0 saturated heterocycles. The van der Waals surface area contributed by atoms with Gasteiger partial charge in [-0.25, -0.2) is 0 Å². The molecule has 11 heavy (non-hydrogen) atoms. The van der Waals surface area contributed by atoms with Crippen LogP contribution in [0.25, 0.3) is 0 Å². The Hall–Kier alpha value is -0.120. The summed E-state index contributed by atoms with van der Waals surface area (Å²) in [5.74, 6) is 0.224. The van der Waals surface area contributed by atoms with Gasteiger partial charge in [0, 0.05) is 6.61 Å². The molecular formula is C8H16O3. The van der Waals surface area contributed by atoms with Crippen molar-refractivity contribution in [3.63, 3.8) is 0 Å². The number of aliphatic hydroxyl groups is 3. The minimum Gasteiger partial charge on any atom is -0.396 e. The van der Waals surface area contributed by atoms with E-state index in [1.807, 2.05) is 13.8 Å². The third kappa shape index (κ3) is 1.28. The maximum Gasteiger partial charge on any atom is 0.0807 e. The van der Waals surface area contributed by atoms with Gasteiger partial charge < -0.3 is 15.3 Å². The molecule has 0 spiro atoms. The highest BCUT2D eigenvalue weighted by molar-refractivity contribution is 5.07. The van der Waals surface area contributed by atoms with Crippen LogP contribution in [0, 0.1) is 17.3 Å². The van der Waals surface area contributed by atoms with Crippen LogP contribution in [0.15, 0.2) is 0 Å². The molecule has 1 rings (SSSR count). The molecule has 3 nitrogen and oxygen atoms in total. The SMILES string of the molecule is CC1(C)[C@H]([C@H](O)CO)[C@@H]1CO. The van der Waals surface area contributed by atoms with E-state index < -0.39 is 6.10 Å². The lowest BCUT2D eigenvalue weighted by Crippen LogP contribution is -2.18. The molecule has 0 aliphatic heterocycles. The molecule has 0 bridgehead atoms. The van der Waals surface area contributed by atoms with Crippen LogP contribution < -0.4 is 0 Å². The Bertz CT molecular complexity index is 144. The summed E-state index contributed by atoms with van der Waals surface area (Å²) < 4.78 is 0. The largest absolute Gasteiger partial charge is 0.396 e. The van der Waals surface area contributed by atoms with Gasteiger partial charge in [0.25, 0.3) is 0 Å². The van der Waals surface area contributed by atoms with E-state index in [-0.39, 0.29) is 30.5 Å². The highest BCUT2D eigenvalue weighted by Crippen LogP contribution is 2.59. The Kier molecular flexibility index (Phi) is 2.23. The van der Waals surface area contributed by atoms with Gasteiger partial charge in [-0.3, -0.25) is 0 Å². The van der Waals surface area contributed by atoms with E-state index in [0.29, 0.717) is 0 Å². The van der Waals surface area contributed by atoms with Crippen LogP contribution in [0.5, 0.6) is 0 Å². The first kappa shape index (κ1) is 8.97. The van der Waals surface area contributed by atoms with Crippen LogP contribution in [0.1, 0.15) is 13.8 Å². The Labute approximate surface area is 66.7 Å². The zero-order chi connectivity index (χ0) is 8.65. The zero-order valence-corrected chi connectivity index (χ0v) is 6.99. The van der Waals surface area contributed by atoms with Gasteiger partial charge in [0.05, 0.1) is 12.7 Å². The Morgan fingerprint density at radius 2 is 1.91 bits per heavy atom. The van der Waals surface area contributed by atoms with E-state index in [2.05, 4.69) is 0 Å². The molecular weight excluding hydrogens is 144 g/mol. The monoisotopic (exact) mass is 160 g/mol. The molecule has 1 aliphatic carbocycles. The van der Waals surface area contributed by atoms with Gasteiger partial charge in [0.1, 0.15) is 0 Å². The second-order valence-electron chi connectivity index (χ2n) is 3.89. The molecule has 1 aliphatic rings. The van der Waals surface area contributed by atoms with Crippen molar-refractivity contribution in [1.29, 1.82) is 0 Å². The number of hydrogen-bond donors (Lipinski definition) is 3. The smallest absolute Gasteiger partial charge is 0.0807 e. The lowest BCUT2D eigenvalue weighted by Gasteiger charge is -2.07. The Balaban J connectivity index is 2.51. The van der Waals surface area contributed by atoms with Gasteiger partial charge >= 0.3 is 0 Å². The fourth-order valence-corrected chi connectivity index (χ4v) is 2.01. The van der Waals surface area contributed by atoms with Crippen molar-refractivity contribution in [2.75, 3.05) is 13.2 Å². The predicted molar refractivity (Wildman–Crippen MR) is 40.9 cm³/mol. The molecule has 3 N–H and O–H groups in total. The first-order valence-corrected chi connectivity index (χ1v) is 3.95. The minimum atomic E-state index is -0.665. The van der Waals surface area contributed by atoms with E-state index in [0.717, 1.165) is 0 Å². The summed E-state index contributed by atoms with van der Waals surface area (Å²) in [4.78, 5) is 0. The average molecular weight is 160 g/mol. The first-order valence-electron chi connectivity index (χ1n) is 3.95. The normalized spacial score (nSPS) is 36.8. The van der Waals surface area contributed by atoms with Crippen molar-refractivity contribution in [3.05, 3.63) is 0 Å². The highest BCUT2D eigenvalue weighted by Gasteiger charge is 2.59. The molecule has 3 heteroatoms. The van der Waals surface area contributed by atoms with Crippen LogP contribution >= 0.6 is 0 Å². The molecule has 0 aromatic rings. The fraction of sp³-hybridized carbons (Fsp3) is 1.00. The van der Waals surface area contributed by atoms with Crippen LogP contribution in [-0.4, -0.2) is 34.6 Å². The van der Waals surface area contributed by atoms with Crippen LogP contribution in [0.2, 0.25) is 0 Å². The third-order valence-electron chi connectivity index (χ3n) is 2.94. The van der Waals surface area contributed by atoms with Gasteiger partial charge in [-0.2, -0.15) is 0 Å². The molecule has 3 atom stereocenters. The third-order valence-corrected chi connectivity index (χ3v) is 2.94. The van der Waals surface area contributed by atoms with E-state index in [1.165, 1.54) is 0 Å². The average Bonchev–Trinajstić information content (AvgIpc) is 2.51. The molecule has 0 unspecified atom stereocenters. The second-order valence-corrected chi connectivity index (χ2v) is 3.89. The number of hydrogen-bond acceptors (Lipinski definition) is 3. The Morgan fingerprint density at radius 1 is 1.36 bits per heavy atom. The molecule has 1 saturated carbocycles. The fourth-order valence-electron chi connectivity index (χ4n) is 2.01. The van der Waals surface area contributed by atoms with E-state index >= 15 is 0 Å². The summed E-state index contributed by atoms with van der Waals surface area (Å²) in [5, 5.41) is 26.8. The van der Waals surface area contributed by atoms with Crippen molar-refractivity contribution in [2.24, 2.45) is 17.3 Å². The summed E-state index contributed by atoms with van der Waals surface area (Å²) in [5.41, 5.74) is -0.00308. The molecule has 0 heterocycles. The molecule has 0 amide bonds. The van der Waals surface area contributed by atoms with Crippen molar-refractivity contribution < 1.29 is 15.3 Å². The summed E-state index contributed by atoms with van der Waals surface area (Å²) in [6, 6.07) is 0. The number of aliphatic hydroxyl groups excluding tert-OH is 3. The van der Waals surface area contributed by atoms with Crippen molar-refractivity contribution in [3.8, 4) is 0 Å². The maximum absolute atomic E-state index is 9.27. The van der Waals surface area contributed by atoms with Crippen molar-refractivity contribution in [2.45, 2.75) is 20.0 Å². The lowest BCUT2D eigenvalue weighted by atomic mass is 10.1. The van der Waals surface area contributed by atoms with Crippen molar-refractivity contribution in [1.82, 2.24) is 0 Å². The van der Waals surface area contributed by atoms with E-state index in [9.17, 15) is 5.11 Å². The van der Waals surface area contributed by atoms with Crippen LogP contribution in [-0.2, 0) is 0 Å². The van der Waals surface area contributed by atoms with Crippen LogP contribution in [0.3, 0.4) is 0 Å². The van der Waals surface area contributed by atoms with Gasteiger partial charge in [-0.15, -0.1) is 0 Å². The van der Waals surface area contributed by atoms with Gasteiger partial charge in [0.15, 0.2) is 0 Å². The zero-order valence-electron chi connectivity index (χ0n) is 6.99. The predicted octanol–water partition coefficient (Wildman–Crippen LogP) is -0.396. The van der Waals surface area contributed by atoms with Crippen molar-refractivity contribution >= 4 is 0 Å². The molecule has 0 aromatic heterocycles. The van der Waals surface area contributed by atoms with Crippen LogP contribution in [0.4, 0.5) is 0 Å². The quantitative estimate of drug-likeness (QED) is 0.526. The minimum absolute atomic E-state index is 0.00308. The summed E-state index contributed by atoms with van der Waals surface area (Å²) in [7, 11) is 0. The van der Waals surface area contributed by atoms with E-state index in [1.54, 1.807) is 0 Å².